The van der Waals surface area contributed by atoms with Crippen LogP contribution in [0, 0.1) is 0 Å². The van der Waals surface area contributed by atoms with Gasteiger partial charge in [0.15, 0.2) is 0 Å². The highest BCUT2D eigenvalue weighted by molar-refractivity contribution is 7.84. The molecule has 0 saturated carbocycles. The van der Waals surface area contributed by atoms with E-state index in [9.17, 15) is 13.8 Å². The third-order valence-electron chi connectivity index (χ3n) is 3.24. The zero-order chi connectivity index (χ0) is 14.5. The van der Waals surface area contributed by atoms with Crippen LogP contribution in [0.15, 0.2) is 30.3 Å². The van der Waals surface area contributed by atoms with Crippen LogP contribution in [0.25, 0.3) is 0 Å². The number of hydrogen-bond acceptors (Lipinski definition) is 3. The van der Waals surface area contributed by atoms with E-state index in [2.05, 4.69) is 5.32 Å². The van der Waals surface area contributed by atoms with Crippen molar-refractivity contribution in [1.82, 2.24) is 10.2 Å². The molecule has 0 spiro atoms. The molecule has 2 rings (SSSR count). The highest BCUT2D eigenvalue weighted by Gasteiger charge is 2.33. The largest absolute Gasteiger partial charge is 0.339 e. The molecule has 1 aliphatic heterocycles. The minimum Gasteiger partial charge on any atom is -0.339 e. The predicted octanol–water partition coefficient (Wildman–Crippen LogP) is 0.455. The summed E-state index contributed by atoms with van der Waals surface area (Å²) in [6, 6.07) is 8.53. The number of nitrogens with zero attached hydrogens (tertiary/aromatic N) is 1. The number of hydrogen-bond donors (Lipinski definition) is 1. The number of amides is 2. The van der Waals surface area contributed by atoms with Crippen molar-refractivity contribution < 1.29 is 13.8 Å². The lowest BCUT2D eigenvalue weighted by Gasteiger charge is -2.32. The third-order valence-corrected chi connectivity index (χ3v) is 4.52. The molecule has 0 aromatic heterocycles. The van der Waals surface area contributed by atoms with Gasteiger partial charge in [0.1, 0.15) is 6.04 Å². The van der Waals surface area contributed by atoms with E-state index in [1.54, 1.807) is 0 Å². The molecule has 5 nitrogen and oxygen atoms in total. The molecule has 2 atom stereocenters. The molecule has 1 N–H and O–H groups in total. The lowest BCUT2D eigenvalue weighted by molar-refractivity contribution is -0.144. The Hall–Kier alpha value is -1.69. The Morgan fingerprint density at radius 1 is 1.30 bits per heavy atom. The highest BCUT2D eigenvalue weighted by atomic mass is 32.2. The maximum atomic E-state index is 12.4. The second-order valence-electron chi connectivity index (χ2n) is 4.60. The average molecular weight is 294 g/mol. The van der Waals surface area contributed by atoms with E-state index >= 15 is 0 Å². The van der Waals surface area contributed by atoms with Gasteiger partial charge in [-0.15, -0.1) is 0 Å². The van der Waals surface area contributed by atoms with E-state index < -0.39 is 16.8 Å². The summed E-state index contributed by atoms with van der Waals surface area (Å²) >= 11 is 0. The summed E-state index contributed by atoms with van der Waals surface area (Å²) in [6.45, 7) is 2.24. The minimum absolute atomic E-state index is 0.0447. The summed E-state index contributed by atoms with van der Waals surface area (Å²) in [7, 11) is -0.936. The van der Waals surface area contributed by atoms with Gasteiger partial charge in [-0.25, -0.2) is 0 Å². The first-order valence-electron chi connectivity index (χ1n) is 6.60. The topological polar surface area (TPSA) is 66.5 Å². The van der Waals surface area contributed by atoms with Gasteiger partial charge in [-0.3, -0.25) is 13.8 Å². The second kappa shape index (κ2) is 6.65. The van der Waals surface area contributed by atoms with Gasteiger partial charge in [0.2, 0.25) is 11.8 Å². The molecule has 1 aromatic carbocycles. The molecule has 0 bridgehead atoms. The fourth-order valence-electron chi connectivity index (χ4n) is 2.12. The van der Waals surface area contributed by atoms with Crippen molar-refractivity contribution in [3.63, 3.8) is 0 Å². The van der Waals surface area contributed by atoms with E-state index in [4.69, 9.17) is 0 Å². The molecule has 108 valence electrons. The monoisotopic (exact) mass is 294 g/mol. The number of carbonyl (C=O) groups excluding carboxylic acids is 2. The lowest BCUT2D eigenvalue weighted by Crippen LogP contribution is -2.54. The van der Waals surface area contributed by atoms with Crippen molar-refractivity contribution in [2.75, 3.05) is 24.6 Å². The fourth-order valence-corrected chi connectivity index (χ4v) is 2.83. The summed E-state index contributed by atoms with van der Waals surface area (Å²) < 4.78 is 11.5. The first-order valence-corrected chi connectivity index (χ1v) is 8.08. The molecule has 2 amide bonds. The normalized spacial score (nSPS) is 20.6. The van der Waals surface area contributed by atoms with Crippen LogP contribution in [-0.4, -0.2) is 45.5 Å². The van der Waals surface area contributed by atoms with Crippen molar-refractivity contribution in [3.8, 4) is 0 Å². The molecular weight excluding hydrogens is 276 g/mol. The van der Waals surface area contributed by atoms with Crippen LogP contribution in [0.1, 0.15) is 18.5 Å². The summed E-state index contributed by atoms with van der Waals surface area (Å²) in [5, 5.41) is 2.71. The maximum absolute atomic E-state index is 12.4. The molecular formula is C14H18N2O3S. The smallest absolute Gasteiger partial charge is 0.250 e. The zero-order valence-corrected chi connectivity index (χ0v) is 12.2. The highest BCUT2D eigenvalue weighted by Crippen LogP contribution is 2.18. The van der Waals surface area contributed by atoms with Crippen LogP contribution in [-0.2, 0) is 20.4 Å². The quantitative estimate of drug-likeness (QED) is 0.857. The average Bonchev–Trinajstić information content (AvgIpc) is 2.48. The van der Waals surface area contributed by atoms with Gasteiger partial charge in [-0.2, -0.15) is 0 Å². The van der Waals surface area contributed by atoms with Crippen molar-refractivity contribution in [2.24, 2.45) is 0 Å². The number of benzene rings is 1. The Balaban J connectivity index is 2.09. The number of rotatable bonds is 5. The van der Waals surface area contributed by atoms with Gasteiger partial charge in [-0.05, 0) is 5.56 Å². The molecule has 1 aromatic rings. The maximum Gasteiger partial charge on any atom is 0.250 e. The van der Waals surface area contributed by atoms with Crippen LogP contribution in [0.2, 0.25) is 0 Å². The Morgan fingerprint density at radius 3 is 2.65 bits per heavy atom. The predicted molar refractivity (Wildman–Crippen MR) is 77.5 cm³/mol. The number of piperazine rings is 1. The van der Waals surface area contributed by atoms with Gasteiger partial charge in [0, 0.05) is 28.9 Å². The molecule has 20 heavy (non-hydrogen) atoms. The van der Waals surface area contributed by atoms with Crippen molar-refractivity contribution >= 4 is 22.6 Å². The number of carbonyl (C=O) groups is 2. The third kappa shape index (κ3) is 3.45. The van der Waals surface area contributed by atoms with Crippen molar-refractivity contribution in [1.29, 1.82) is 0 Å². The first kappa shape index (κ1) is 14.7. The Kier molecular flexibility index (Phi) is 4.89. The van der Waals surface area contributed by atoms with Crippen LogP contribution in [0.3, 0.4) is 0 Å². The van der Waals surface area contributed by atoms with Crippen LogP contribution in [0.5, 0.6) is 0 Å². The summed E-state index contributed by atoms with van der Waals surface area (Å²) in [4.78, 5) is 25.6. The Bertz CT molecular complexity index is 518. The minimum atomic E-state index is -0.936. The van der Waals surface area contributed by atoms with Gasteiger partial charge in [0.25, 0.3) is 0 Å². The molecule has 0 aliphatic carbocycles. The van der Waals surface area contributed by atoms with E-state index in [1.165, 1.54) is 4.90 Å². The fraction of sp³-hybridized carbons (Fsp3) is 0.429. The molecule has 1 fully saturated rings. The Morgan fingerprint density at radius 2 is 2.00 bits per heavy atom. The first-order chi connectivity index (χ1) is 9.61. The van der Waals surface area contributed by atoms with Gasteiger partial charge in [-0.1, -0.05) is 37.3 Å². The van der Waals surface area contributed by atoms with Crippen molar-refractivity contribution in [3.05, 3.63) is 35.9 Å². The van der Waals surface area contributed by atoms with E-state index in [0.29, 0.717) is 18.1 Å². The summed E-state index contributed by atoms with van der Waals surface area (Å²) in [5.74, 6) is 0.664. The molecule has 6 heteroatoms. The Labute approximate surface area is 120 Å². The van der Waals surface area contributed by atoms with E-state index in [1.807, 2.05) is 37.3 Å². The van der Waals surface area contributed by atoms with Crippen LogP contribution >= 0.6 is 0 Å². The van der Waals surface area contributed by atoms with E-state index in [-0.39, 0.29) is 18.4 Å². The van der Waals surface area contributed by atoms with Gasteiger partial charge < -0.3 is 10.2 Å². The zero-order valence-electron chi connectivity index (χ0n) is 11.4. The van der Waals surface area contributed by atoms with Crippen LogP contribution in [0.4, 0.5) is 0 Å². The second-order valence-corrected chi connectivity index (χ2v) is 6.47. The molecule has 1 heterocycles. The lowest BCUT2D eigenvalue weighted by atomic mass is 10.0. The van der Waals surface area contributed by atoms with Gasteiger partial charge in [0.05, 0.1) is 6.54 Å². The number of nitrogens with one attached hydrogen (secondary N) is 1. The molecule has 1 saturated heterocycles. The summed E-state index contributed by atoms with van der Waals surface area (Å²) in [5.41, 5.74) is 0.771. The molecule has 1 aliphatic rings. The summed E-state index contributed by atoms with van der Waals surface area (Å²) in [6.07, 6.45) is 0. The van der Waals surface area contributed by atoms with Gasteiger partial charge >= 0.3 is 0 Å². The van der Waals surface area contributed by atoms with Crippen LogP contribution < -0.4 is 5.32 Å². The molecule has 2 unspecified atom stereocenters. The SMILES string of the molecule is CCS(=O)CCN1CC(=O)NC(c2ccccc2)C1=O. The van der Waals surface area contributed by atoms with E-state index in [0.717, 1.165) is 5.56 Å². The molecule has 0 radical (unpaired) electrons. The standard InChI is InChI=1S/C14H18N2O3S/c1-2-20(19)9-8-16-10-12(17)15-13(14(16)18)11-6-4-3-5-7-11/h3-7,13H,2,8-10H2,1H3,(H,15,17). The van der Waals surface area contributed by atoms with Crippen molar-refractivity contribution in [2.45, 2.75) is 13.0 Å².